The van der Waals surface area contributed by atoms with Crippen LogP contribution in [0.1, 0.15) is 20.8 Å². The van der Waals surface area contributed by atoms with Gasteiger partial charge in [0.15, 0.2) is 11.6 Å². The van der Waals surface area contributed by atoms with E-state index in [1.807, 2.05) is 30.3 Å². The van der Waals surface area contributed by atoms with Crippen molar-refractivity contribution in [3.05, 3.63) is 105 Å². The average Bonchev–Trinajstić information content (AvgIpc) is 3.41. The molecule has 1 amide bonds. The predicted octanol–water partition coefficient (Wildman–Crippen LogP) is 5.06. The van der Waals surface area contributed by atoms with E-state index in [1.165, 1.54) is 23.7 Å². The number of benzene rings is 2. The summed E-state index contributed by atoms with van der Waals surface area (Å²) >= 11 is 1.51. The van der Waals surface area contributed by atoms with Crippen LogP contribution < -0.4 is 16.4 Å². The van der Waals surface area contributed by atoms with Crippen LogP contribution in [0.2, 0.25) is 0 Å². The van der Waals surface area contributed by atoms with Gasteiger partial charge in [-0.05, 0) is 47.5 Å². The lowest BCUT2D eigenvalue weighted by molar-refractivity contribution is -0.385. The van der Waals surface area contributed by atoms with E-state index < -0.39 is 22.5 Å². The predicted molar refractivity (Wildman–Crippen MR) is 143 cm³/mol. The molecule has 0 spiro atoms. The molecule has 0 bridgehead atoms. The third-order valence-corrected chi connectivity index (χ3v) is 6.94. The molecular formula is C26H19F2N7O3S. The standard InChI is InChI=1S/C26H19F2N7O3S/c27-20-4-1-14(7-21(20)28)10-32-26(36)19-9-16(35(37)38)11-30-25(19)31-12-17-3-6-23(39-17)15-2-5-22-18(8-15)24(29)34-13-33-22/h1-9,11,13H,10,12H2,(H,30,31)(H,32,36)(H2,29,33,34). The minimum Gasteiger partial charge on any atom is -0.383 e. The summed E-state index contributed by atoms with van der Waals surface area (Å²) in [7, 11) is 0. The fourth-order valence-corrected chi connectivity index (χ4v) is 4.77. The summed E-state index contributed by atoms with van der Waals surface area (Å²) in [5, 5.41) is 17.6. The Bertz CT molecular complexity index is 1730. The maximum absolute atomic E-state index is 13.5. The van der Waals surface area contributed by atoms with Gasteiger partial charge in [-0.2, -0.15) is 0 Å². The van der Waals surface area contributed by atoms with E-state index in [2.05, 4.69) is 25.6 Å². The van der Waals surface area contributed by atoms with Crippen molar-refractivity contribution in [1.82, 2.24) is 20.3 Å². The molecular weight excluding hydrogens is 528 g/mol. The quantitative estimate of drug-likeness (QED) is 0.180. The summed E-state index contributed by atoms with van der Waals surface area (Å²) in [5.41, 5.74) is 7.56. The van der Waals surface area contributed by atoms with Crippen LogP contribution >= 0.6 is 11.3 Å². The van der Waals surface area contributed by atoms with Crippen molar-refractivity contribution >= 4 is 45.5 Å². The topological polar surface area (TPSA) is 149 Å². The first-order valence-corrected chi connectivity index (χ1v) is 12.3. The third kappa shape index (κ3) is 5.62. The number of thiophene rings is 1. The van der Waals surface area contributed by atoms with Gasteiger partial charge in [0.05, 0.1) is 22.5 Å². The molecule has 0 unspecified atom stereocenters. The lowest BCUT2D eigenvalue weighted by Gasteiger charge is -2.11. The molecule has 2 aromatic carbocycles. The molecule has 0 saturated carbocycles. The number of fused-ring (bicyclic) bond motifs is 1. The smallest absolute Gasteiger partial charge is 0.288 e. The highest BCUT2D eigenvalue weighted by atomic mass is 32.1. The number of halogens is 2. The number of nitrogens with one attached hydrogen (secondary N) is 2. The summed E-state index contributed by atoms with van der Waals surface area (Å²) in [6, 6.07) is 13.9. The van der Waals surface area contributed by atoms with Crippen molar-refractivity contribution in [1.29, 1.82) is 0 Å². The first kappa shape index (κ1) is 25.6. The Kier molecular flexibility index (Phi) is 7.06. The second-order valence-electron chi connectivity index (χ2n) is 8.39. The van der Waals surface area contributed by atoms with E-state index in [-0.39, 0.29) is 30.2 Å². The van der Waals surface area contributed by atoms with Crippen LogP contribution in [0.4, 0.5) is 26.1 Å². The molecule has 0 saturated heterocycles. The monoisotopic (exact) mass is 547 g/mol. The molecule has 0 aliphatic rings. The molecule has 0 atom stereocenters. The zero-order chi connectivity index (χ0) is 27.5. The zero-order valence-electron chi connectivity index (χ0n) is 20.0. The maximum Gasteiger partial charge on any atom is 0.288 e. The van der Waals surface area contributed by atoms with Crippen LogP contribution in [0.3, 0.4) is 0 Å². The highest BCUT2D eigenvalue weighted by Crippen LogP contribution is 2.32. The lowest BCUT2D eigenvalue weighted by Crippen LogP contribution is -2.24. The van der Waals surface area contributed by atoms with Crippen LogP contribution in [0, 0.1) is 21.7 Å². The van der Waals surface area contributed by atoms with Crippen LogP contribution in [-0.2, 0) is 13.1 Å². The number of pyridine rings is 1. The van der Waals surface area contributed by atoms with Gasteiger partial charge in [0.2, 0.25) is 0 Å². The molecule has 39 heavy (non-hydrogen) atoms. The molecule has 4 N–H and O–H groups in total. The highest BCUT2D eigenvalue weighted by molar-refractivity contribution is 7.15. The Morgan fingerprint density at radius 3 is 2.64 bits per heavy atom. The number of aromatic nitrogens is 3. The number of amides is 1. The number of hydrogen-bond donors (Lipinski definition) is 3. The summed E-state index contributed by atoms with van der Waals surface area (Å²) in [6.07, 6.45) is 2.46. The summed E-state index contributed by atoms with van der Waals surface area (Å²) in [5.74, 6) is -2.19. The van der Waals surface area contributed by atoms with Crippen molar-refractivity contribution in [2.75, 3.05) is 11.1 Å². The van der Waals surface area contributed by atoms with Gasteiger partial charge >= 0.3 is 0 Å². The lowest BCUT2D eigenvalue weighted by atomic mass is 10.1. The van der Waals surface area contributed by atoms with Crippen molar-refractivity contribution in [3.8, 4) is 10.4 Å². The van der Waals surface area contributed by atoms with Gasteiger partial charge in [-0.1, -0.05) is 12.1 Å². The van der Waals surface area contributed by atoms with Crippen molar-refractivity contribution in [3.63, 3.8) is 0 Å². The molecule has 0 radical (unpaired) electrons. The van der Waals surface area contributed by atoms with Crippen LogP contribution in [0.25, 0.3) is 21.3 Å². The number of nitro groups is 1. The fraction of sp³-hybridized carbons (Fsp3) is 0.0769. The van der Waals surface area contributed by atoms with Crippen LogP contribution in [0.15, 0.2) is 67.1 Å². The minimum atomic E-state index is -1.04. The van der Waals surface area contributed by atoms with Gasteiger partial charge in [-0.25, -0.2) is 23.7 Å². The van der Waals surface area contributed by atoms with E-state index in [0.717, 1.165) is 50.6 Å². The first-order valence-electron chi connectivity index (χ1n) is 11.5. The van der Waals surface area contributed by atoms with E-state index in [1.54, 1.807) is 0 Å². The van der Waals surface area contributed by atoms with Gasteiger partial charge in [0, 0.05) is 27.8 Å². The number of carbonyl (C=O) groups is 1. The van der Waals surface area contributed by atoms with Crippen LogP contribution in [0.5, 0.6) is 0 Å². The molecule has 13 heteroatoms. The third-order valence-electron chi connectivity index (χ3n) is 5.81. The number of nitrogen functional groups attached to an aromatic ring is 1. The second-order valence-corrected chi connectivity index (χ2v) is 9.56. The van der Waals surface area contributed by atoms with Gasteiger partial charge in [0.25, 0.3) is 11.6 Å². The minimum absolute atomic E-state index is 0.0615. The number of rotatable bonds is 8. The largest absolute Gasteiger partial charge is 0.383 e. The Balaban J connectivity index is 1.33. The van der Waals surface area contributed by atoms with Gasteiger partial charge < -0.3 is 16.4 Å². The number of nitrogens with two attached hydrogens (primary N) is 1. The number of anilines is 2. The highest BCUT2D eigenvalue weighted by Gasteiger charge is 2.19. The van der Waals surface area contributed by atoms with Crippen molar-refractivity contribution in [2.45, 2.75) is 13.1 Å². The zero-order valence-corrected chi connectivity index (χ0v) is 20.8. The van der Waals surface area contributed by atoms with E-state index in [0.29, 0.717) is 11.4 Å². The molecule has 3 heterocycles. The number of hydrogen-bond acceptors (Lipinski definition) is 9. The molecule has 0 aliphatic carbocycles. The van der Waals surface area contributed by atoms with Crippen LogP contribution in [-0.4, -0.2) is 25.8 Å². The van der Waals surface area contributed by atoms with E-state index in [4.69, 9.17) is 5.73 Å². The number of nitrogens with zero attached hydrogens (tertiary/aromatic N) is 4. The van der Waals surface area contributed by atoms with E-state index >= 15 is 0 Å². The SMILES string of the molecule is Nc1ncnc2ccc(-c3ccc(CNc4ncc([N+](=O)[O-])cc4C(=O)NCc4ccc(F)c(F)c4)s3)cc12. The average molecular weight is 548 g/mol. The Hall–Kier alpha value is -5.04. The molecule has 3 aromatic heterocycles. The van der Waals surface area contributed by atoms with E-state index in [9.17, 15) is 23.7 Å². The Morgan fingerprint density at radius 2 is 1.85 bits per heavy atom. The molecule has 0 fully saturated rings. The second kappa shape index (κ2) is 10.8. The van der Waals surface area contributed by atoms with Crippen molar-refractivity contribution < 1.29 is 18.5 Å². The first-order chi connectivity index (χ1) is 18.8. The van der Waals surface area contributed by atoms with Gasteiger partial charge in [-0.3, -0.25) is 14.9 Å². The fourth-order valence-electron chi connectivity index (χ4n) is 3.82. The molecule has 5 rings (SSSR count). The summed E-state index contributed by atoms with van der Waals surface area (Å²) in [6.45, 7) is 0.172. The van der Waals surface area contributed by atoms with Crippen molar-refractivity contribution in [2.24, 2.45) is 0 Å². The molecule has 0 aliphatic heterocycles. The Morgan fingerprint density at radius 1 is 1.00 bits per heavy atom. The summed E-state index contributed by atoms with van der Waals surface area (Å²) in [4.78, 5) is 37.7. The van der Waals surface area contributed by atoms with Gasteiger partial charge in [0.1, 0.15) is 24.2 Å². The molecule has 10 nitrogen and oxygen atoms in total. The van der Waals surface area contributed by atoms with Gasteiger partial charge in [-0.15, -0.1) is 11.3 Å². The summed E-state index contributed by atoms with van der Waals surface area (Å²) < 4.78 is 26.7. The number of carbonyl (C=O) groups excluding carboxylic acids is 1. The molecule has 5 aromatic rings. The Labute approximate surface area is 223 Å². The maximum atomic E-state index is 13.5. The molecule has 196 valence electrons. The normalized spacial score (nSPS) is 10.9.